The van der Waals surface area contributed by atoms with E-state index in [2.05, 4.69) is 4.90 Å². The van der Waals surface area contributed by atoms with Gasteiger partial charge in [-0.25, -0.2) is 8.42 Å². The van der Waals surface area contributed by atoms with Crippen LogP contribution in [0.25, 0.3) is 0 Å². The zero-order valence-corrected chi connectivity index (χ0v) is 16.2. The molecule has 2 aliphatic heterocycles. The van der Waals surface area contributed by atoms with Crippen molar-refractivity contribution >= 4 is 21.4 Å². The van der Waals surface area contributed by atoms with Crippen molar-refractivity contribution in [3.8, 4) is 5.75 Å². The van der Waals surface area contributed by atoms with E-state index < -0.39 is 9.84 Å². The molecule has 2 atom stereocenters. The summed E-state index contributed by atoms with van der Waals surface area (Å²) in [5.41, 5.74) is 1.08. The standard InChI is InChI=1S/C18H27N3O4S/c1-14(18(23)19(2)16-7-12-26(24,25)13-16)20-8-10-21(11-9-20)15-3-5-17(22)6-4-15/h3-6,14,16,22H,7-13H2,1-2H3/p+1/t14-,16+/m0/s1. The molecule has 0 unspecified atom stereocenters. The van der Waals surface area contributed by atoms with Crippen LogP contribution < -0.4 is 9.80 Å². The Kier molecular flexibility index (Phi) is 5.43. The molecule has 1 aromatic carbocycles. The number of sulfone groups is 1. The Morgan fingerprint density at radius 3 is 2.42 bits per heavy atom. The topological polar surface area (TPSA) is 82.4 Å². The average molecular weight is 383 g/mol. The van der Waals surface area contributed by atoms with Crippen LogP contribution in [0.1, 0.15) is 13.3 Å². The summed E-state index contributed by atoms with van der Waals surface area (Å²) >= 11 is 0. The molecule has 0 aromatic heterocycles. The van der Waals surface area contributed by atoms with E-state index in [1.807, 2.05) is 19.1 Å². The minimum atomic E-state index is -2.99. The fraction of sp³-hybridized carbons (Fsp3) is 0.611. The van der Waals surface area contributed by atoms with E-state index in [9.17, 15) is 18.3 Å². The molecule has 1 aromatic rings. The number of carbonyl (C=O) groups is 1. The van der Waals surface area contributed by atoms with Gasteiger partial charge in [-0.15, -0.1) is 0 Å². The van der Waals surface area contributed by atoms with Gasteiger partial charge in [-0.1, -0.05) is 0 Å². The molecule has 2 N–H and O–H groups in total. The van der Waals surface area contributed by atoms with Gasteiger partial charge in [-0.3, -0.25) is 4.79 Å². The number of rotatable bonds is 4. The molecule has 2 saturated heterocycles. The molecule has 0 saturated carbocycles. The minimum absolute atomic E-state index is 0.0279. The molecular weight excluding hydrogens is 354 g/mol. The zero-order chi connectivity index (χ0) is 18.9. The van der Waals surface area contributed by atoms with Crippen LogP contribution in [-0.2, 0) is 14.6 Å². The molecule has 1 amide bonds. The van der Waals surface area contributed by atoms with Crippen molar-refractivity contribution in [2.45, 2.75) is 25.4 Å². The monoisotopic (exact) mass is 382 g/mol. The number of amides is 1. The van der Waals surface area contributed by atoms with Gasteiger partial charge in [0, 0.05) is 18.8 Å². The van der Waals surface area contributed by atoms with Crippen LogP contribution in [0.5, 0.6) is 5.75 Å². The summed E-state index contributed by atoms with van der Waals surface area (Å²) in [5, 5.41) is 9.40. The SMILES string of the molecule is C[C@@H](C(=O)N(C)[C@@H]1CCS(=O)(=O)C1)[NH+]1CCN(c2ccc(O)cc2)CC1. The van der Waals surface area contributed by atoms with Gasteiger partial charge in [0.1, 0.15) is 5.75 Å². The van der Waals surface area contributed by atoms with Crippen LogP contribution in [0.3, 0.4) is 0 Å². The molecule has 2 heterocycles. The van der Waals surface area contributed by atoms with Crippen LogP contribution in [0, 0.1) is 0 Å². The van der Waals surface area contributed by atoms with Gasteiger partial charge in [0.25, 0.3) is 5.91 Å². The molecule has 0 radical (unpaired) electrons. The molecule has 144 valence electrons. The minimum Gasteiger partial charge on any atom is -0.508 e. The Bertz CT molecular complexity index is 742. The summed E-state index contributed by atoms with van der Waals surface area (Å²) in [7, 11) is -1.26. The lowest BCUT2D eigenvalue weighted by atomic mass is 10.1. The van der Waals surface area contributed by atoms with E-state index in [1.54, 1.807) is 24.1 Å². The maximum absolute atomic E-state index is 12.8. The van der Waals surface area contributed by atoms with E-state index in [-0.39, 0.29) is 35.2 Å². The molecule has 7 nitrogen and oxygen atoms in total. The third-order valence-corrected chi connectivity index (χ3v) is 7.46. The second-order valence-electron chi connectivity index (χ2n) is 7.39. The maximum atomic E-state index is 12.8. The lowest BCUT2D eigenvalue weighted by Gasteiger charge is -2.37. The molecule has 26 heavy (non-hydrogen) atoms. The number of phenolic OH excluding ortho intramolecular Hbond substituents is 1. The normalized spacial score (nSPS) is 24.4. The second-order valence-corrected chi connectivity index (χ2v) is 9.62. The van der Waals surface area contributed by atoms with E-state index >= 15 is 0 Å². The predicted octanol–water partition coefficient (Wildman–Crippen LogP) is -0.869. The lowest BCUT2D eigenvalue weighted by molar-refractivity contribution is -0.915. The van der Waals surface area contributed by atoms with Crippen LogP contribution in [0.2, 0.25) is 0 Å². The quantitative estimate of drug-likeness (QED) is 0.708. The van der Waals surface area contributed by atoms with Crippen LogP contribution in [-0.4, -0.2) is 81.1 Å². The van der Waals surface area contributed by atoms with Crippen molar-refractivity contribution in [1.82, 2.24) is 4.90 Å². The first-order valence-corrected chi connectivity index (χ1v) is 10.9. The van der Waals surface area contributed by atoms with Gasteiger partial charge in [-0.2, -0.15) is 0 Å². The highest BCUT2D eigenvalue weighted by Gasteiger charge is 2.37. The second kappa shape index (κ2) is 7.44. The number of phenols is 1. The number of benzene rings is 1. The number of anilines is 1. The summed E-state index contributed by atoms with van der Waals surface area (Å²) in [4.78, 5) is 17.9. The Morgan fingerprint density at radius 1 is 1.27 bits per heavy atom. The van der Waals surface area contributed by atoms with Crippen LogP contribution >= 0.6 is 0 Å². The fourth-order valence-corrected chi connectivity index (χ4v) is 5.66. The van der Waals surface area contributed by atoms with E-state index in [4.69, 9.17) is 0 Å². The number of carbonyl (C=O) groups excluding carboxylic acids is 1. The molecule has 8 heteroatoms. The molecule has 2 aliphatic rings. The Labute approximate surface area is 155 Å². The number of nitrogens with one attached hydrogen (secondary N) is 1. The van der Waals surface area contributed by atoms with E-state index in [0.717, 1.165) is 31.9 Å². The Balaban J connectivity index is 1.55. The highest BCUT2D eigenvalue weighted by molar-refractivity contribution is 7.91. The molecule has 0 bridgehead atoms. The maximum Gasteiger partial charge on any atom is 0.280 e. The third kappa shape index (κ3) is 4.12. The molecular formula is C18H28N3O4S+. The summed E-state index contributed by atoms with van der Waals surface area (Å²) in [6, 6.07) is 6.82. The predicted molar refractivity (Wildman–Crippen MR) is 100 cm³/mol. The Hall–Kier alpha value is -1.80. The fourth-order valence-electron chi connectivity index (χ4n) is 3.89. The van der Waals surface area contributed by atoms with Crippen molar-refractivity contribution in [2.24, 2.45) is 0 Å². The van der Waals surface area contributed by atoms with Crippen molar-refractivity contribution in [3.63, 3.8) is 0 Å². The van der Waals surface area contributed by atoms with Gasteiger partial charge >= 0.3 is 0 Å². The van der Waals surface area contributed by atoms with Gasteiger partial charge in [0.15, 0.2) is 15.9 Å². The molecule has 0 aliphatic carbocycles. The molecule has 0 spiro atoms. The average Bonchev–Trinajstić information content (AvgIpc) is 3.00. The number of piperazine rings is 1. The van der Waals surface area contributed by atoms with Gasteiger partial charge < -0.3 is 19.8 Å². The van der Waals surface area contributed by atoms with Crippen molar-refractivity contribution in [1.29, 1.82) is 0 Å². The smallest absolute Gasteiger partial charge is 0.280 e. The summed E-state index contributed by atoms with van der Waals surface area (Å²) in [6.45, 7) is 5.33. The highest BCUT2D eigenvalue weighted by atomic mass is 32.2. The van der Waals surface area contributed by atoms with Crippen molar-refractivity contribution in [3.05, 3.63) is 24.3 Å². The van der Waals surface area contributed by atoms with E-state index in [0.29, 0.717) is 6.42 Å². The van der Waals surface area contributed by atoms with Crippen LogP contribution in [0.15, 0.2) is 24.3 Å². The van der Waals surface area contributed by atoms with E-state index in [1.165, 1.54) is 4.90 Å². The first-order chi connectivity index (χ1) is 12.3. The van der Waals surface area contributed by atoms with Crippen molar-refractivity contribution in [2.75, 3.05) is 49.6 Å². The lowest BCUT2D eigenvalue weighted by Crippen LogP contribution is -3.19. The number of nitrogens with zero attached hydrogens (tertiary/aromatic N) is 2. The first kappa shape index (κ1) is 19.0. The molecule has 3 rings (SSSR count). The van der Waals surface area contributed by atoms with Gasteiger partial charge in [0.2, 0.25) is 0 Å². The number of quaternary nitrogens is 1. The van der Waals surface area contributed by atoms with Gasteiger partial charge in [-0.05, 0) is 37.6 Å². The van der Waals surface area contributed by atoms with Crippen molar-refractivity contribution < 1.29 is 23.2 Å². The zero-order valence-electron chi connectivity index (χ0n) is 15.4. The third-order valence-electron chi connectivity index (χ3n) is 5.71. The highest BCUT2D eigenvalue weighted by Crippen LogP contribution is 2.19. The largest absolute Gasteiger partial charge is 0.508 e. The summed E-state index contributed by atoms with van der Waals surface area (Å²) < 4.78 is 23.3. The number of aromatic hydroxyl groups is 1. The number of hydrogen-bond acceptors (Lipinski definition) is 5. The number of likely N-dealkylation sites (N-methyl/N-ethyl adjacent to an activating group) is 1. The van der Waals surface area contributed by atoms with Crippen LogP contribution in [0.4, 0.5) is 5.69 Å². The first-order valence-electron chi connectivity index (χ1n) is 9.12. The molecule has 2 fully saturated rings. The van der Waals surface area contributed by atoms with Gasteiger partial charge in [0.05, 0.1) is 37.7 Å². The number of hydrogen-bond donors (Lipinski definition) is 2. The summed E-state index contributed by atoms with van der Waals surface area (Å²) in [6.07, 6.45) is 0.543. The summed E-state index contributed by atoms with van der Waals surface area (Å²) in [5.74, 6) is 0.558. The Morgan fingerprint density at radius 2 is 1.88 bits per heavy atom.